The highest BCUT2D eigenvalue weighted by Gasteiger charge is 2.28. The summed E-state index contributed by atoms with van der Waals surface area (Å²) in [7, 11) is 1.99. The molecular formula is C31H35N7O2. The fourth-order valence-corrected chi connectivity index (χ4v) is 5.76. The molecule has 1 aromatic carbocycles. The fourth-order valence-electron chi connectivity index (χ4n) is 5.76. The SMILES string of the molecule is Cn1ncc(-c2ccc3cnc(NC(=O)C4CCN(C(=O)c5ccccc5)CC4)cc3n2)c1CN1CCCCC1. The van der Waals surface area contributed by atoms with Crippen molar-refractivity contribution in [3.63, 3.8) is 0 Å². The van der Waals surface area contributed by atoms with E-state index in [2.05, 4.69) is 20.3 Å². The minimum atomic E-state index is -0.163. The number of aryl methyl sites for hydroxylation is 1. The molecule has 0 unspecified atom stereocenters. The molecule has 206 valence electrons. The van der Waals surface area contributed by atoms with Crippen LogP contribution in [0.1, 0.15) is 48.2 Å². The Hall–Kier alpha value is -4.11. The second-order valence-corrected chi connectivity index (χ2v) is 10.8. The van der Waals surface area contributed by atoms with Gasteiger partial charge in [0.05, 0.1) is 23.1 Å². The van der Waals surface area contributed by atoms with E-state index in [9.17, 15) is 9.59 Å². The van der Waals surface area contributed by atoms with Crippen LogP contribution in [0, 0.1) is 5.92 Å². The van der Waals surface area contributed by atoms with Gasteiger partial charge in [-0.15, -0.1) is 0 Å². The number of hydrogen-bond acceptors (Lipinski definition) is 6. The average Bonchev–Trinajstić information content (AvgIpc) is 3.37. The van der Waals surface area contributed by atoms with Crippen LogP contribution >= 0.6 is 0 Å². The molecule has 40 heavy (non-hydrogen) atoms. The molecule has 6 rings (SSSR count). The van der Waals surface area contributed by atoms with Gasteiger partial charge in [-0.3, -0.25) is 19.2 Å². The Balaban J connectivity index is 1.13. The average molecular weight is 538 g/mol. The number of carbonyl (C=O) groups excluding carboxylic acids is 2. The zero-order chi connectivity index (χ0) is 27.5. The molecule has 0 saturated carbocycles. The van der Waals surface area contributed by atoms with E-state index < -0.39 is 0 Å². The summed E-state index contributed by atoms with van der Waals surface area (Å²) in [6.07, 6.45) is 8.69. The van der Waals surface area contributed by atoms with Crippen LogP contribution in [0.3, 0.4) is 0 Å². The minimum absolute atomic E-state index is 0.0187. The molecule has 4 aromatic rings. The van der Waals surface area contributed by atoms with Gasteiger partial charge >= 0.3 is 0 Å². The molecule has 2 aliphatic rings. The van der Waals surface area contributed by atoms with Crippen molar-refractivity contribution < 1.29 is 9.59 Å². The molecule has 0 radical (unpaired) electrons. The minimum Gasteiger partial charge on any atom is -0.339 e. The van der Waals surface area contributed by atoms with Gasteiger partial charge in [0.25, 0.3) is 5.91 Å². The molecular weight excluding hydrogens is 502 g/mol. The van der Waals surface area contributed by atoms with Crippen molar-refractivity contribution in [2.24, 2.45) is 13.0 Å². The van der Waals surface area contributed by atoms with E-state index >= 15 is 0 Å². The monoisotopic (exact) mass is 537 g/mol. The third-order valence-electron chi connectivity index (χ3n) is 8.16. The molecule has 2 fully saturated rings. The van der Waals surface area contributed by atoms with Crippen LogP contribution < -0.4 is 5.32 Å². The van der Waals surface area contributed by atoms with Crippen LogP contribution in [0.25, 0.3) is 22.2 Å². The smallest absolute Gasteiger partial charge is 0.253 e. The van der Waals surface area contributed by atoms with Gasteiger partial charge in [-0.1, -0.05) is 24.6 Å². The first-order valence-corrected chi connectivity index (χ1v) is 14.2. The number of rotatable bonds is 6. The first-order chi connectivity index (χ1) is 19.5. The van der Waals surface area contributed by atoms with Gasteiger partial charge in [0.2, 0.25) is 5.91 Å². The lowest BCUT2D eigenvalue weighted by Crippen LogP contribution is -2.41. The van der Waals surface area contributed by atoms with Gasteiger partial charge in [-0.2, -0.15) is 5.10 Å². The fraction of sp³-hybridized carbons (Fsp3) is 0.387. The number of carbonyl (C=O) groups is 2. The lowest BCUT2D eigenvalue weighted by atomic mass is 9.95. The predicted octanol–water partition coefficient (Wildman–Crippen LogP) is 4.51. The van der Waals surface area contributed by atoms with Crippen LogP contribution in [0.4, 0.5) is 5.82 Å². The topological polar surface area (TPSA) is 96.2 Å². The number of nitrogens with zero attached hydrogens (tertiary/aromatic N) is 6. The molecule has 2 aliphatic heterocycles. The highest BCUT2D eigenvalue weighted by molar-refractivity contribution is 5.95. The zero-order valence-corrected chi connectivity index (χ0v) is 22.9. The van der Waals surface area contributed by atoms with Crippen LogP contribution in [-0.4, -0.2) is 67.5 Å². The van der Waals surface area contributed by atoms with E-state index in [1.165, 1.54) is 19.3 Å². The van der Waals surface area contributed by atoms with Gasteiger partial charge in [-0.05, 0) is 63.0 Å². The number of pyridine rings is 2. The van der Waals surface area contributed by atoms with Crippen molar-refractivity contribution in [1.29, 1.82) is 0 Å². The van der Waals surface area contributed by atoms with Crippen LogP contribution in [0.5, 0.6) is 0 Å². The number of benzene rings is 1. The predicted molar refractivity (Wildman–Crippen MR) is 155 cm³/mol. The Kier molecular flexibility index (Phi) is 7.55. The van der Waals surface area contributed by atoms with E-state index in [0.717, 1.165) is 47.5 Å². The summed E-state index contributed by atoms with van der Waals surface area (Å²) >= 11 is 0. The highest BCUT2D eigenvalue weighted by atomic mass is 16.2. The number of amides is 2. The lowest BCUT2D eigenvalue weighted by molar-refractivity contribution is -0.121. The number of hydrogen-bond donors (Lipinski definition) is 1. The maximum Gasteiger partial charge on any atom is 0.253 e. The third kappa shape index (κ3) is 5.60. The van der Waals surface area contributed by atoms with Crippen LogP contribution in [0.2, 0.25) is 0 Å². The van der Waals surface area contributed by atoms with Gasteiger partial charge < -0.3 is 10.2 Å². The Morgan fingerprint density at radius 1 is 0.950 bits per heavy atom. The Morgan fingerprint density at radius 2 is 1.73 bits per heavy atom. The first-order valence-electron chi connectivity index (χ1n) is 14.2. The molecule has 2 amide bonds. The molecule has 0 aliphatic carbocycles. The van der Waals surface area contributed by atoms with Gasteiger partial charge in [0.1, 0.15) is 5.82 Å². The molecule has 1 N–H and O–H groups in total. The van der Waals surface area contributed by atoms with E-state index in [0.29, 0.717) is 37.3 Å². The number of anilines is 1. The van der Waals surface area contributed by atoms with Crippen molar-refractivity contribution in [2.75, 3.05) is 31.5 Å². The summed E-state index contributed by atoms with van der Waals surface area (Å²) in [6, 6.07) is 15.2. The summed E-state index contributed by atoms with van der Waals surface area (Å²) in [5.74, 6) is 0.283. The summed E-state index contributed by atoms with van der Waals surface area (Å²) in [5, 5.41) is 8.44. The molecule has 0 bridgehead atoms. The molecule has 2 saturated heterocycles. The number of likely N-dealkylation sites (tertiary alicyclic amines) is 2. The highest BCUT2D eigenvalue weighted by Crippen LogP contribution is 2.27. The number of nitrogens with one attached hydrogen (secondary N) is 1. The maximum absolute atomic E-state index is 13.1. The third-order valence-corrected chi connectivity index (χ3v) is 8.16. The van der Waals surface area contributed by atoms with Gasteiger partial charge in [-0.25, -0.2) is 9.97 Å². The molecule has 9 nitrogen and oxygen atoms in total. The molecule has 0 spiro atoms. The first kappa shape index (κ1) is 26.1. The van der Waals surface area contributed by atoms with Gasteiger partial charge in [0, 0.05) is 61.4 Å². The summed E-state index contributed by atoms with van der Waals surface area (Å²) in [5.41, 5.74) is 4.52. The van der Waals surface area contributed by atoms with Crippen LogP contribution in [0.15, 0.2) is 60.9 Å². The van der Waals surface area contributed by atoms with Gasteiger partial charge in [0.15, 0.2) is 0 Å². The van der Waals surface area contributed by atoms with Crippen molar-refractivity contribution in [3.8, 4) is 11.3 Å². The van der Waals surface area contributed by atoms with Crippen molar-refractivity contribution in [1.82, 2.24) is 29.5 Å². The molecule has 3 aromatic heterocycles. The molecule has 5 heterocycles. The Morgan fingerprint density at radius 3 is 2.50 bits per heavy atom. The van der Waals surface area contributed by atoms with Crippen molar-refractivity contribution >= 4 is 28.5 Å². The lowest BCUT2D eigenvalue weighted by Gasteiger charge is -2.31. The normalized spacial score (nSPS) is 16.8. The maximum atomic E-state index is 13.1. The van der Waals surface area contributed by atoms with Crippen LogP contribution in [-0.2, 0) is 18.4 Å². The Bertz CT molecular complexity index is 1500. The van der Waals surface area contributed by atoms with E-state index in [-0.39, 0.29) is 17.7 Å². The summed E-state index contributed by atoms with van der Waals surface area (Å²) in [4.78, 5) is 39.6. The number of aromatic nitrogens is 4. The molecule has 9 heteroatoms. The zero-order valence-electron chi connectivity index (χ0n) is 22.9. The second-order valence-electron chi connectivity index (χ2n) is 10.8. The van der Waals surface area contributed by atoms with E-state index in [4.69, 9.17) is 4.98 Å². The van der Waals surface area contributed by atoms with E-state index in [1.54, 1.807) is 6.20 Å². The number of piperidine rings is 2. The Labute approximate surface area is 234 Å². The van der Waals surface area contributed by atoms with E-state index in [1.807, 2.05) is 71.4 Å². The summed E-state index contributed by atoms with van der Waals surface area (Å²) < 4.78 is 1.95. The summed E-state index contributed by atoms with van der Waals surface area (Å²) in [6.45, 7) is 4.22. The van der Waals surface area contributed by atoms with Crippen molar-refractivity contribution in [2.45, 2.75) is 38.6 Å². The number of fused-ring (bicyclic) bond motifs is 1. The largest absolute Gasteiger partial charge is 0.339 e. The standard InChI is InChI=1S/C31H35N7O2/c1-36-28(21-37-14-6-3-7-15-37)25(20-33-36)26-11-10-24-19-32-29(18-27(24)34-26)35-30(39)22-12-16-38(17-13-22)31(40)23-8-4-2-5-9-23/h2,4-5,8-11,18-20,22H,3,6-7,12-17,21H2,1H3,(H,32,35,39). The van der Waals surface area contributed by atoms with Crippen molar-refractivity contribution in [3.05, 3.63) is 72.2 Å². The second kappa shape index (κ2) is 11.6. The molecule has 0 atom stereocenters. The quantitative estimate of drug-likeness (QED) is 0.389.